The molecule has 0 amide bonds. The van der Waals surface area contributed by atoms with Gasteiger partial charge in [0.15, 0.2) is 0 Å². The van der Waals surface area contributed by atoms with Gasteiger partial charge in [0, 0.05) is 24.1 Å². The highest BCUT2D eigenvalue weighted by Gasteiger charge is 2.38. The maximum Gasteiger partial charge on any atom is 0.310 e. The molecule has 0 spiro atoms. The van der Waals surface area contributed by atoms with Crippen LogP contribution in [0.15, 0.2) is 0 Å². The lowest BCUT2D eigenvalue weighted by Crippen LogP contribution is -2.43. The van der Waals surface area contributed by atoms with Gasteiger partial charge in [0.1, 0.15) is 10.0 Å². The summed E-state index contributed by atoms with van der Waals surface area (Å²) in [5.74, 6) is -1.30. The summed E-state index contributed by atoms with van der Waals surface area (Å²) in [6.45, 7) is 4.06. The van der Waals surface area contributed by atoms with Crippen molar-refractivity contribution < 1.29 is 14.6 Å². The van der Waals surface area contributed by atoms with Gasteiger partial charge in [-0.3, -0.25) is 9.69 Å². The largest absolute Gasteiger partial charge is 0.481 e. The zero-order chi connectivity index (χ0) is 13.8. The number of carboxylic acids is 1. The Morgan fingerprint density at radius 1 is 1.63 bits per heavy atom. The number of rotatable bonds is 6. The summed E-state index contributed by atoms with van der Waals surface area (Å²) < 4.78 is 9.68. The maximum absolute atomic E-state index is 11.2. The normalized spacial score (nSPS) is 23.1. The highest BCUT2D eigenvalue weighted by molar-refractivity contribution is 7.10. The second-order valence-corrected chi connectivity index (χ2v) is 5.87. The van der Waals surface area contributed by atoms with Crippen LogP contribution in [0.5, 0.6) is 0 Å². The number of halogens is 1. The van der Waals surface area contributed by atoms with Crippen LogP contribution in [0.2, 0.25) is 4.34 Å². The molecule has 106 valence electrons. The topological polar surface area (TPSA) is 75.5 Å². The smallest absolute Gasteiger partial charge is 0.310 e. The summed E-state index contributed by atoms with van der Waals surface area (Å²) in [4.78, 5) is 13.3. The van der Waals surface area contributed by atoms with Gasteiger partial charge in [0.2, 0.25) is 0 Å². The minimum absolute atomic E-state index is 0.129. The van der Waals surface area contributed by atoms with Crippen molar-refractivity contribution in [3.05, 3.63) is 10.0 Å². The lowest BCUT2D eigenvalue weighted by molar-refractivity contribution is -0.143. The molecule has 0 bridgehead atoms. The van der Waals surface area contributed by atoms with Crippen LogP contribution < -0.4 is 0 Å². The van der Waals surface area contributed by atoms with E-state index in [1.807, 2.05) is 0 Å². The van der Waals surface area contributed by atoms with E-state index in [4.69, 9.17) is 16.3 Å². The SMILES string of the molecule is CCCN(Cc1nnsc1Cl)C1COCC1C(=O)O. The van der Waals surface area contributed by atoms with E-state index in [1.165, 1.54) is 0 Å². The van der Waals surface area contributed by atoms with Crippen LogP contribution in [-0.2, 0) is 16.1 Å². The van der Waals surface area contributed by atoms with Crippen LogP contribution in [0.3, 0.4) is 0 Å². The van der Waals surface area contributed by atoms with Gasteiger partial charge in [0.25, 0.3) is 0 Å². The van der Waals surface area contributed by atoms with Crippen molar-refractivity contribution in [1.29, 1.82) is 0 Å². The fourth-order valence-corrected chi connectivity index (χ4v) is 2.88. The first-order valence-electron chi connectivity index (χ1n) is 6.14. The van der Waals surface area contributed by atoms with Crippen molar-refractivity contribution in [3.63, 3.8) is 0 Å². The van der Waals surface area contributed by atoms with Crippen molar-refractivity contribution in [3.8, 4) is 0 Å². The molecular formula is C11H16ClN3O3S. The Morgan fingerprint density at radius 3 is 3.00 bits per heavy atom. The van der Waals surface area contributed by atoms with E-state index in [9.17, 15) is 9.90 Å². The molecule has 1 aliphatic rings. The Bertz CT molecular complexity index is 443. The molecule has 19 heavy (non-hydrogen) atoms. The van der Waals surface area contributed by atoms with Crippen LogP contribution in [0.4, 0.5) is 0 Å². The van der Waals surface area contributed by atoms with Crippen molar-refractivity contribution in [2.24, 2.45) is 5.92 Å². The second-order valence-electron chi connectivity index (χ2n) is 4.51. The number of hydrogen-bond acceptors (Lipinski definition) is 6. The summed E-state index contributed by atoms with van der Waals surface area (Å²) in [5, 5.41) is 13.2. The number of ether oxygens (including phenoxy) is 1. The highest BCUT2D eigenvalue weighted by Crippen LogP contribution is 2.25. The fourth-order valence-electron chi connectivity index (χ4n) is 2.27. The van der Waals surface area contributed by atoms with E-state index < -0.39 is 11.9 Å². The zero-order valence-corrected chi connectivity index (χ0v) is 12.2. The first-order chi connectivity index (χ1) is 9.13. The van der Waals surface area contributed by atoms with Gasteiger partial charge < -0.3 is 9.84 Å². The van der Waals surface area contributed by atoms with Crippen molar-refractivity contribution in [2.45, 2.75) is 25.9 Å². The molecule has 8 heteroatoms. The van der Waals surface area contributed by atoms with Gasteiger partial charge in [-0.05, 0) is 13.0 Å². The van der Waals surface area contributed by atoms with Crippen molar-refractivity contribution >= 4 is 29.1 Å². The predicted octanol–water partition coefficient (Wildman–Crippen LogP) is 1.50. The van der Waals surface area contributed by atoms with Gasteiger partial charge in [-0.15, -0.1) is 5.10 Å². The molecule has 0 aliphatic carbocycles. The third-order valence-corrected chi connectivity index (χ3v) is 4.19. The quantitative estimate of drug-likeness (QED) is 0.858. The summed E-state index contributed by atoms with van der Waals surface area (Å²) in [7, 11) is 0. The molecule has 1 aromatic rings. The molecule has 1 saturated heterocycles. The number of hydrogen-bond donors (Lipinski definition) is 1. The van der Waals surface area contributed by atoms with Crippen molar-refractivity contribution in [2.75, 3.05) is 19.8 Å². The van der Waals surface area contributed by atoms with E-state index in [0.717, 1.165) is 24.5 Å². The predicted molar refractivity (Wildman–Crippen MR) is 71.4 cm³/mol. The summed E-state index contributed by atoms with van der Waals surface area (Å²) in [6, 6.07) is -0.129. The van der Waals surface area contributed by atoms with Crippen LogP contribution in [0, 0.1) is 5.92 Å². The van der Waals surface area contributed by atoms with Crippen LogP contribution in [0.25, 0.3) is 0 Å². The maximum atomic E-state index is 11.2. The second kappa shape index (κ2) is 6.60. The molecule has 0 saturated carbocycles. The van der Waals surface area contributed by atoms with Gasteiger partial charge in [-0.25, -0.2) is 0 Å². The third-order valence-electron chi connectivity index (χ3n) is 3.21. The van der Waals surface area contributed by atoms with E-state index in [1.54, 1.807) is 0 Å². The Hall–Kier alpha value is -0.760. The molecule has 1 aliphatic heterocycles. The Balaban J connectivity index is 2.11. The Morgan fingerprint density at radius 2 is 2.42 bits per heavy atom. The molecular weight excluding hydrogens is 290 g/mol. The standard InChI is InChI=1S/C11H16ClN3O3S/c1-2-3-15(4-8-10(12)19-14-13-8)9-6-18-5-7(9)11(16)17/h7,9H,2-6H2,1H3,(H,16,17). The fraction of sp³-hybridized carbons (Fsp3) is 0.727. The summed E-state index contributed by atoms with van der Waals surface area (Å²) in [6.07, 6.45) is 0.929. The number of aliphatic carboxylic acids is 1. The molecule has 6 nitrogen and oxygen atoms in total. The minimum atomic E-state index is -0.814. The molecule has 0 radical (unpaired) electrons. The molecule has 1 aromatic heterocycles. The Kier molecular flexibility index (Phi) is 5.09. The summed E-state index contributed by atoms with van der Waals surface area (Å²) >= 11 is 7.15. The van der Waals surface area contributed by atoms with Crippen LogP contribution >= 0.6 is 23.1 Å². The summed E-state index contributed by atoms with van der Waals surface area (Å²) in [5.41, 5.74) is 0.705. The monoisotopic (exact) mass is 305 g/mol. The van der Waals surface area contributed by atoms with Crippen LogP contribution in [0.1, 0.15) is 19.0 Å². The lowest BCUT2D eigenvalue weighted by Gasteiger charge is -2.29. The molecule has 2 rings (SSSR count). The average Bonchev–Trinajstić information content (AvgIpc) is 2.98. The molecule has 1 N–H and O–H groups in total. The van der Waals surface area contributed by atoms with Crippen LogP contribution in [-0.4, -0.2) is 51.4 Å². The molecule has 0 aromatic carbocycles. The Labute approximate surface area is 120 Å². The zero-order valence-electron chi connectivity index (χ0n) is 10.6. The van der Waals surface area contributed by atoms with Gasteiger partial charge in [-0.1, -0.05) is 23.0 Å². The van der Waals surface area contributed by atoms with Gasteiger partial charge in [0.05, 0.1) is 19.1 Å². The van der Waals surface area contributed by atoms with E-state index in [-0.39, 0.29) is 12.6 Å². The van der Waals surface area contributed by atoms with Gasteiger partial charge >= 0.3 is 5.97 Å². The third kappa shape index (κ3) is 3.42. The highest BCUT2D eigenvalue weighted by atomic mass is 35.5. The molecule has 2 unspecified atom stereocenters. The first kappa shape index (κ1) is 14.6. The van der Waals surface area contributed by atoms with E-state index in [0.29, 0.717) is 23.2 Å². The number of aromatic nitrogens is 2. The van der Waals surface area contributed by atoms with Crippen molar-refractivity contribution in [1.82, 2.24) is 14.5 Å². The molecule has 2 heterocycles. The number of nitrogens with zero attached hydrogens (tertiary/aromatic N) is 3. The lowest BCUT2D eigenvalue weighted by atomic mass is 10.0. The average molecular weight is 306 g/mol. The van der Waals surface area contributed by atoms with E-state index >= 15 is 0 Å². The minimum Gasteiger partial charge on any atom is -0.481 e. The molecule has 2 atom stereocenters. The molecule has 1 fully saturated rings. The number of carbonyl (C=O) groups is 1. The number of carboxylic acid groups (broad SMARTS) is 1. The first-order valence-corrected chi connectivity index (χ1v) is 7.30. The van der Waals surface area contributed by atoms with Gasteiger partial charge in [-0.2, -0.15) is 0 Å². The van der Waals surface area contributed by atoms with E-state index in [2.05, 4.69) is 21.4 Å².